The van der Waals surface area contributed by atoms with Crippen molar-refractivity contribution in [1.82, 2.24) is 5.32 Å². The summed E-state index contributed by atoms with van der Waals surface area (Å²) in [6, 6.07) is 6.05. The molecule has 88 valence electrons. The van der Waals surface area contributed by atoms with Gasteiger partial charge in [-0.05, 0) is 50.7 Å². The lowest BCUT2D eigenvalue weighted by Gasteiger charge is -2.08. The van der Waals surface area contributed by atoms with E-state index in [2.05, 4.69) is 47.2 Å². The molecule has 1 aromatic carbocycles. The van der Waals surface area contributed by atoms with Crippen molar-refractivity contribution >= 4 is 15.9 Å². The molecular weight excluding hydrogens is 266 g/mol. The van der Waals surface area contributed by atoms with E-state index in [0.29, 0.717) is 6.61 Å². The van der Waals surface area contributed by atoms with Crippen molar-refractivity contribution in [2.75, 3.05) is 13.7 Å². The fourth-order valence-electron chi connectivity index (χ4n) is 1.27. The third-order valence-corrected chi connectivity index (χ3v) is 2.90. The molecule has 0 aliphatic heterocycles. The number of nitrogens with one attached hydrogen (secondary N) is 1. The zero-order valence-electron chi connectivity index (χ0n) is 10.0. The van der Waals surface area contributed by atoms with Crippen LogP contribution in [0.3, 0.4) is 0 Å². The van der Waals surface area contributed by atoms with Gasteiger partial charge in [-0.2, -0.15) is 0 Å². The molecule has 0 spiro atoms. The van der Waals surface area contributed by atoms with Gasteiger partial charge in [0.05, 0.1) is 0 Å². The predicted molar refractivity (Wildman–Crippen MR) is 71.8 cm³/mol. The Labute approximate surface area is 106 Å². The molecule has 0 aromatic heterocycles. The number of ether oxygens (including phenoxy) is 1. The Bertz CT molecular complexity index is 370. The van der Waals surface area contributed by atoms with Crippen molar-refractivity contribution < 1.29 is 4.74 Å². The van der Waals surface area contributed by atoms with Gasteiger partial charge in [0.1, 0.15) is 12.4 Å². The molecule has 1 rings (SSSR count). The summed E-state index contributed by atoms with van der Waals surface area (Å²) >= 11 is 3.52. The van der Waals surface area contributed by atoms with Crippen molar-refractivity contribution in [2.24, 2.45) is 0 Å². The van der Waals surface area contributed by atoms with Crippen LogP contribution < -0.4 is 10.1 Å². The van der Waals surface area contributed by atoms with Gasteiger partial charge in [0, 0.05) is 11.0 Å². The summed E-state index contributed by atoms with van der Waals surface area (Å²) in [7, 11) is 1.93. The third kappa shape index (κ3) is 4.37. The van der Waals surface area contributed by atoms with E-state index in [1.807, 2.05) is 19.2 Å². The first kappa shape index (κ1) is 13.3. The number of hydrogen-bond acceptors (Lipinski definition) is 2. The summed E-state index contributed by atoms with van der Waals surface area (Å²) in [5.41, 5.74) is 2.48. The van der Waals surface area contributed by atoms with E-state index in [1.54, 1.807) is 0 Å². The topological polar surface area (TPSA) is 21.3 Å². The minimum Gasteiger partial charge on any atom is -0.490 e. The average Bonchev–Trinajstić information content (AvgIpc) is 2.22. The number of hydrogen-bond donors (Lipinski definition) is 1. The molecule has 0 aliphatic rings. The van der Waals surface area contributed by atoms with Crippen LogP contribution in [0.2, 0.25) is 0 Å². The minimum atomic E-state index is 0.628. The van der Waals surface area contributed by atoms with Gasteiger partial charge < -0.3 is 10.1 Å². The predicted octanol–water partition coefficient (Wildman–Crippen LogP) is 3.51. The van der Waals surface area contributed by atoms with E-state index in [1.165, 1.54) is 11.1 Å². The lowest BCUT2D eigenvalue weighted by atomic mass is 10.2. The molecule has 0 fully saturated rings. The minimum absolute atomic E-state index is 0.628. The van der Waals surface area contributed by atoms with Crippen LogP contribution in [-0.4, -0.2) is 13.7 Å². The summed E-state index contributed by atoms with van der Waals surface area (Å²) in [6.07, 6.45) is 2.07. The maximum absolute atomic E-state index is 5.63. The first-order valence-corrected chi connectivity index (χ1v) is 6.12. The maximum atomic E-state index is 5.63. The molecule has 0 aliphatic carbocycles. The lowest BCUT2D eigenvalue weighted by molar-refractivity contribution is 0.361. The van der Waals surface area contributed by atoms with Gasteiger partial charge >= 0.3 is 0 Å². The zero-order chi connectivity index (χ0) is 12.0. The van der Waals surface area contributed by atoms with E-state index < -0.39 is 0 Å². The van der Waals surface area contributed by atoms with Crippen LogP contribution in [0.25, 0.3) is 0 Å². The van der Waals surface area contributed by atoms with Crippen LogP contribution in [0, 0.1) is 0 Å². The average molecular weight is 284 g/mol. The molecule has 0 saturated carbocycles. The molecule has 0 atom stereocenters. The highest BCUT2D eigenvalue weighted by Gasteiger charge is 2.01. The summed E-state index contributed by atoms with van der Waals surface area (Å²) in [6.45, 7) is 5.60. The molecule has 0 radical (unpaired) electrons. The highest BCUT2D eigenvalue weighted by Crippen LogP contribution is 2.22. The van der Waals surface area contributed by atoms with Crippen LogP contribution in [0.1, 0.15) is 19.4 Å². The molecule has 0 saturated heterocycles. The standard InChI is InChI=1S/C13H18BrNO/c1-10(2)6-7-16-12-4-5-13(14)11(8-12)9-15-3/h4-6,8,15H,7,9H2,1-3H3. The highest BCUT2D eigenvalue weighted by atomic mass is 79.9. The lowest BCUT2D eigenvalue weighted by Crippen LogP contribution is -2.06. The fourth-order valence-corrected chi connectivity index (χ4v) is 1.66. The molecule has 0 unspecified atom stereocenters. The van der Waals surface area contributed by atoms with Crippen molar-refractivity contribution in [2.45, 2.75) is 20.4 Å². The molecule has 0 heterocycles. The van der Waals surface area contributed by atoms with Gasteiger partial charge in [-0.3, -0.25) is 0 Å². The van der Waals surface area contributed by atoms with Gasteiger partial charge in [-0.15, -0.1) is 0 Å². The molecule has 3 heteroatoms. The van der Waals surface area contributed by atoms with E-state index >= 15 is 0 Å². The van der Waals surface area contributed by atoms with Crippen molar-refractivity contribution in [3.05, 3.63) is 39.9 Å². The quantitative estimate of drug-likeness (QED) is 0.835. The summed E-state index contributed by atoms with van der Waals surface area (Å²) in [5.74, 6) is 0.908. The smallest absolute Gasteiger partial charge is 0.120 e. The highest BCUT2D eigenvalue weighted by molar-refractivity contribution is 9.10. The molecule has 1 N–H and O–H groups in total. The largest absolute Gasteiger partial charge is 0.490 e. The summed E-state index contributed by atoms with van der Waals surface area (Å²) in [4.78, 5) is 0. The first-order valence-electron chi connectivity index (χ1n) is 5.32. The van der Waals surface area contributed by atoms with Gasteiger partial charge in [0.2, 0.25) is 0 Å². The fraction of sp³-hybridized carbons (Fsp3) is 0.385. The first-order chi connectivity index (χ1) is 7.63. The van der Waals surface area contributed by atoms with E-state index in [4.69, 9.17) is 4.74 Å². The summed E-state index contributed by atoms with van der Waals surface area (Å²) in [5, 5.41) is 3.13. The Morgan fingerprint density at radius 2 is 2.19 bits per heavy atom. The van der Waals surface area contributed by atoms with Crippen LogP contribution in [0.15, 0.2) is 34.3 Å². The molecule has 2 nitrogen and oxygen atoms in total. The Balaban J connectivity index is 2.67. The number of benzene rings is 1. The number of halogens is 1. The van der Waals surface area contributed by atoms with Gasteiger partial charge in [0.25, 0.3) is 0 Å². The van der Waals surface area contributed by atoms with Gasteiger partial charge in [0.15, 0.2) is 0 Å². The molecular formula is C13H18BrNO. The van der Waals surface area contributed by atoms with Crippen LogP contribution in [-0.2, 0) is 6.54 Å². The number of rotatable bonds is 5. The second kappa shape index (κ2) is 6.71. The second-order valence-electron chi connectivity index (χ2n) is 3.88. The van der Waals surface area contributed by atoms with Crippen LogP contribution in [0.4, 0.5) is 0 Å². The Hall–Kier alpha value is -0.800. The zero-order valence-corrected chi connectivity index (χ0v) is 11.6. The van der Waals surface area contributed by atoms with Crippen molar-refractivity contribution in [3.63, 3.8) is 0 Å². The van der Waals surface area contributed by atoms with Gasteiger partial charge in [-0.1, -0.05) is 21.5 Å². The molecule has 1 aromatic rings. The third-order valence-electron chi connectivity index (χ3n) is 2.13. The Kier molecular flexibility index (Phi) is 5.56. The van der Waals surface area contributed by atoms with E-state index in [9.17, 15) is 0 Å². The second-order valence-corrected chi connectivity index (χ2v) is 4.73. The Morgan fingerprint density at radius 3 is 2.81 bits per heavy atom. The normalized spacial score (nSPS) is 10.0. The molecule has 16 heavy (non-hydrogen) atoms. The monoisotopic (exact) mass is 283 g/mol. The van der Waals surface area contributed by atoms with Gasteiger partial charge in [-0.25, -0.2) is 0 Å². The van der Waals surface area contributed by atoms with Crippen molar-refractivity contribution in [3.8, 4) is 5.75 Å². The number of allylic oxidation sites excluding steroid dienone is 1. The molecule has 0 bridgehead atoms. The maximum Gasteiger partial charge on any atom is 0.120 e. The van der Waals surface area contributed by atoms with Crippen LogP contribution in [0.5, 0.6) is 5.75 Å². The summed E-state index contributed by atoms with van der Waals surface area (Å²) < 4.78 is 6.74. The van der Waals surface area contributed by atoms with E-state index in [-0.39, 0.29) is 0 Å². The van der Waals surface area contributed by atoms with Crippen LogP contribution >= 0.6 is 15.9 Å². The Morgan fingerprint density at radius 1 is 1.44 bits per heavy atom. The van der Waals surface area contributed by atoms with E-state index in [0.717, 1.165) is 16.8 Å². The SMILES string of the molecule is CNCc1cc(OCC=C(C)C)ccc1Br. The van der Waals surface area contributed by atoms with Crippen molar-refractivity contribution in [1.29, 1.82) is 0 Å². The molecule has 0 amide bonds.